The summed E-state index contributed by atoms with van der Waals surface area (Å²) in [6.45, 7) is 0.446. The van der Waals surface area contributed by atoms with Crippen molar-refractivity contribution in [3.8, 4) is 11.3 Å². The summed E-state index contributed by atoms with van der Waals surface area (Å²) in [5.74, 6) is 0.411. The molecule has 0 saturated carbocycles. The third-order valence-electron chi connectivity index (χ3n) is 5.31. The van der Waals surface area contributed by atoms with E-state index in [9.17, 15) is 23.4 Å². The average molecular weight is 419 g/mol. The highest BCUT2D eigenvalue weighted by Crippen LogP contribution is 2.33. The van der Waals surface area contributed by atoms with Gasteiger partial charge >= 0.3 is 6.18 Å². The minimum absolute atomic E-state index is 0.0514. The Balaban J connectivity index is 1.65. The number of aliphatic hydroxyl groups is 2. The molecule has 1 aliphatic rings. The maximum atomic E-state index is 12.8. The Bertz CT molecular complexity index is 1040. The number of anilines is 1. The summed E-state index contributed by atoms with van der Waals surface area (Å²) in [6, 6.07) is 12.0. The van der Waals surface area contributed by atoms with Gasteiger partial charge in [-0.25, -0.2) is 0 Å². The van der Waals surface area contributed by atoms with Crippen LogP contribution >= 0.6 is 0 Å². The molecule has 158 valence electrons. The minimum atomic E-state index is -4.41. The molecule has 2 atom stereocenters. The Hall–Kier alpha value is -2.75. The Kier molecular flexibility index (Phi) is 5.35. The summed E-state index contributed by atoms with van der Waals surface area (Å²) in [6.07, 6.45) is -5.16. The number of aromatic nitrogens is 2. The number of halogens is 3. The van der Waals surface area contributed by atoms with Crippen molar-refractivity contribution in [1.82, 2.24) is 10.2 Å². The van der Waals surface area contributed by atoms with Gasteiger partial charge in [-0.1, -0.05) is 36.4 Å². The average Bonchev–Trinajstić information content (AvgIpc) is 2.74. The fourth-order valence-electron chi connectivity index (χ4n) is 3.47. The number of nitrogens with one attached hydrogen (secondary N) is 1. The predicted molar refractivity (Wildman–Crippen MR) is 105 cm³/mol. The first kappa shape index (κ1) is 20.5. The van der Waals surface area contributed by atoms with E-state index in [0.29, 0.717) is 34.5 Å². The van der Waals surface area contributed by atoms with E-state index in [4.69, 9.17) is 4.74 Å². The van der Waals surface area contributed by atoms with Gasteiger partial charge in [-0.05, 0) is 12.1 Å². The molecule has 9 heteroatoms. The molecule has 0 aliphatic carbocycles. The molecule has 0 bridgehead atoms. The van der Waals surface area contributed by atoms with Gasteiger partial charge in [-0.3, -0.25) is 0 Å². The van der Waals surface area contributed by atoms with Crippen LogP contribution in [0.25, 0.3) is 22.0 Å². The Morgan fingerprint density at radius 1 is 1.07 bits per heavy atom. The lowest BCUT2D eigenvalue weighted by Gasteiger charge is -2.36. The first-order chi connectivity index (χ1) is 14.3. The van der Waals surface area contributed by atoms with E-state index in [1.165, 1.54) is 12.1 Å². The van der Waals surface area contributed by atoms with Gasteiger partial charge in [-0.2, -0.15) is 13.2 Å². The van der Waals surface area contributed by atoms with Gasteiger partial charge in [0.2, 0.25) is 0 Å². The van der Waals surface area contributed by atoms with E-state index in [1.54, 1.807) is 12.1 Å². The summed E-state index contributed by atoms with van der Waals surface area (Å²) in [7, 11) is 0. The van der Waals surface area contributed by atoms with E-state index in [2.05, 4.69) is 15.5 Å². The number of fused-ring (bicyclic) bond motifs is 1. The zero-order chi connectivity index (χ0) is 21.4. The number of alkyl halides is 3. The molecule has 0 amide bonds. The highest BCUT2D eigenvalue weighted by atomic mass is 19.4. The van der Waals surface area contributed by atoms with Gasteiger partial charge in [-0.15, -0.1) is 10.2 Å². The van der Waals surface area contributed by atoms with Crippen molar-refractivity contribution in [2.45, 2.75) is 24.3 Å². The molecule has 0 spiro atoms. The molecule has 4 rings (SSSR count). The number of aliphatic hydroxyl groups excluding tert-OH is 1. The third kappa shape index (κ3) is 3.96. The van der Waals surface area contributed by atoms with E-state index in [1.807, 2.05) is 12.1 Å². The zero-order valence-electron chi connectivity index (χ0n) is 15.9. The molecule has 0 unspecified atom stereocenters. The van der Waals surface area contributed by atoms with E-state index in [0.717, 1.165) is 12.1 Å². The second-order valence-corrected chi connectivity index (χ2v) is 7.32. The number of ether oxygens (including phenoxy) is 1. The van der Waals surface area contributed by atoms with Crippen LogP contribution in [-0.4, -0.2) is 51.9 Å². The van der Waals surface area contributed by atoms with Crippen molar-refractivity contribution >= 4 is 16.6 Å². The van der Waals surface area contributed by atoms with Crippen molar-refractivity contribution < 1.29 is 28.1 Å². The van der Waals surface area contributed by atoms with E-state index in [-0.39, 0.29) is 19.6 Å². The molecule has 2 aromatic carbocycles. The summed E-state index contributed by atoms with van der Waals surface area (Å²) >= 11 is 0. The molecular weight excluding hydrogens is 399 g/mol. The van der Waals surface area contributed by atoms with E-state index >= 15 is 0 Å². The lowest BCUT2D eigenvalue weighted by molar-refractivity contribution is -0.145. The fourth-order valence-corrected chi connectivity index (χ4v) is 3.47. The lowest BCUT2D eigenvalue weighted by Crippen LogP contribution is -2.53. The largest absolute Gasteiger partial charge is 0.416 e. The van der Waals surface area contributed by atoms with Crippen LogP contribution in [0.1, 0.15) is 12.0 Å². The first-order valence-electron chi connectivity index (χ1n) is 9.43. The molecular formula is C21H20F3N3O3. The number of nitrogens with zero attached hydrogens (tertiary/aromatic N) is 2. The van der Waals surface area contributed by atoms with E-state index < -0.39 is 23.4 Å². The Labute approximate surface area is 170 Å². The Morgan fingerprint density at radius 2 is 1.77 bits per heavy atom. The number of rotatable bonds is 4. The second kappa shape index (κ2) is 7.82. The highest BCUT2D eigenvalue weighted by molar-refractivity contribution is 6.00. The molecule has 1 aromatic heterocycles. The molecule has 1 aliphatic heterocycles. The van der Waals surface area contributed by atoms with Crippen molar-refractivity contribution in [2.75, 3.05) is 25.1 Å². The van der Waals surface area contributed by atoms with Crippen LogP contribution in [0, 0.1) is 0 Å². The molecule has 30 heavy (non-hydrogen) atoms. The van der Waals surface area contributed by atoms with Gasteiger partial charge in [0.1, 0.15) is 17.4 Å². The standard InChI is InChI=1S/C21H20F3N3O3/c22-21(23,24)14-7-5-13(6-8-14)18-15-3-1-2-4-16(15)19(27-26-18)25-12-20(29)9-10-30-11-17(20)28/h1-8,17,28-29H,9-12H2,(H,25,27)/t17-,20-/m1/s1. The first-order valence-corrected chi connectivity index (χ1v) is 9.43. The van der Waals surface area contributed by atoms with Crippen LogP contribution in [0.4, 0.5) is 19.0 Å². The molecule has 0 radical (unpaired) electrons. The number of hydrogen-bond acceptors (Lipinski definition) is 6. The number of benzene rings is 2. The van der Waals surface area contributed by atoms with Crippen LogP contribution < -0.4 is 5.32 Å². The fraction of sp³-hybridized carbons (Fsp3) is 0.333. The SMILES string of the molecule is O[C@@H]1COCC[C@@]1(O)CNc1nnc(-c2ccc(C(F)(F)F)cc2)c2ccccc12. The summed E-state index contributed by atoms with van der Waals surface area (Å²) in [5, 5.41) is 33.6. The summed E-state index contributed by atoms with van der Waals surface area (Å²) in [4.78, 5) is 0. The molecule has 1 fully saturated rings. The van der Waals surface area contributed by atoms with Crippen molar-refractivity contribution in [3.05, 3.63) is 54.1 Å². The van der Waals surface area contributed by atoms with Gasteiger partial charge in [0, 0.05) is 35.9 Å². The monoisotopic (exact) mass is 419 g/mol. The maximum absolute atomic E-state index is 12.8. The minimum Gasteiger partial charge on any atom is -0.388 e. The summed E-state index contributed by atoms with van der Waals surface area (Å²) < 4.78 is 43.7. The maximum Gasteiger partial charge on any atom is 0.416 e. The van der Waals surface area contributed by atoms with Gasteiger partial charge < -0.3 is 20.3 Å². The smallest absolute Gasteiger partial charge is 0.388 e. The van der Waals surface area contributed by atoms with Gasteiger partial charge in [0.05, 0.1) is 12.2 Å². The van der Waals surface area contributed by atoms with Crippen molar-refractivity contribution in [3.63, 3.8) is 0 Å². The predicted octanol–water partition coefficient (Wildman–Crippen LogP) is 3.24. The van der Waals surface area contributed by atoms with Crippen molar-refractivity contribution in [1.29, 1.82) is 0 Å². The van der Waals surface area contributed by atoms with Crippen LogP contribution in [0.2, 0.25) is 0 Å². The molecule has 6 nitrogen and oxygen atoms in total. The second-order valence-electron chi connectivity index (χ2n) is 7.32. The topological polar surface area (TPSA) is 87.5 Å². The highest BCUT2D eigenvalue weighted by Gasteiger charge is 2.38. The quantitative estimate of drug-likeness (QED) is 0.602. The molecule has 3 N–H and O–H groups in total. The van der Waals surface area contributed by atoms with Crippen molar-refractivity contribution in [2.24, 2.45) is 0 Å². The molecule has 1 saturated heterocycles. The van der Waals surface area contributed by atoms with Crippen LogP contribution in [0.5, 0.6) is 0 Å². The molecule has 2 heterocycles. The van der Waals surface area contributed by atoms with Gasteiger partial charge in [0.15, 0.2) is 5.82 Å². The van der Waals surface area contributed by atoms with Crippen LogP contribution in [-0.2, 0) is 10.9 Å². The zero-order valence-corrected chi connectivity index (χ0v) is 15.9. The third-order valence-corrected chi connectivity index (χ3v) is 5.31. The van der Waals surface area contributed by atoms with Gasteiger partial charge in [0.25, 0.3) is 0 Å². The lowest BCUT2D eigenvalue weighted by atomic mass is 9.91. The normalized spacial score (nSPS) is 22.2. The van der Waals surface area contributed by atoms with Crippen LogP contribution in [0.15, 0.2) is 48.5 Å². The summed E-state index contributed by atoms with van der Waals surface area (Å²) in [5.41, 5.74) is -1.12. The number of hydrogen-bond donors (Lipinski definition) is 3. The molecule has 3 aromatic rings. The van der Waals surface area contributed by atoms with Crippen LogP contribution in [0.3, 0.4) is 0 Å². The Morgan fingerprint density at radius 3 is 2.43 bits per heavy atom.